The van der Waals surface area contributed by atoms with Gasteiger partial charge in [-0.1, -0.05) is 90.7 Å². The van der Waals surface area contributed by atoms with Crippen molar-refractivity contribution in [2.75, 3.05) is 18.9 Å². The predicted molar refractivity (Wildman–Crippen MR) is 179 cm³/mol. The zero-order chi connectivity index (χ0) is 32.9. The third kappa shape index (κ3) is 15.1. The highest BCUT2D eigenvalue weighted by atomic mass is 16.5. The Morgan fingerprint density at radius 3 is 2.29 bits per heavy atom. The van der Waals surface area contributed by atoms with Crippen molar-refractivity contribution < 1.29 is 19.1 Å². The van der Waals surface area contributed by atoms with E-state index in [2.05, 4.69) is 34.0 Å². The van der Waals surface area contributed by atoms with Crippen molar-refractivity contribution >= 4 is 29.1 Å². The highest BCUT2D eigenvalue weighted by molar-refractivity contribution is 5.75. The topological polar surface area (TPSA) is 168 Å². The quantitative estimate of drug-likeness (QED) is 0.0656. The number of carbonyl (C=O) groups is 2. The van der Waals surface area contributed by atoms with Crippen LogP contribution in [0.15, 0.2) is 23.3 Å². The molecule has 11 heteroatoms. The van der Waals surface area contributed by atoms with Crippen LogP contribution in [0, 0.1) is 11.8 Å². The summed E-state index contributed by atoms with van der Waals surface area (Å²) >= 11 is 0. The molecular weight excluding hydrogens is 572 g/mol. The van der Waals surface area contributed by atoms with Gasteiger partial charge in [0.1, 0.15) is 6.04 Å². The van der Waals surface area contributed by atoms with Crippen molar-refractivity contribution in [1.29, 1.82) is 0 Å². The lowest BCUT2D eigenvalue weighted by molar-refractivity contribution is -0.149. The molecule has 0 aliphatic carbocycles. The van der Waals surface area contributed by atoms with E-state index in [1.165, 1.54) is 64.1 Å². The molecule has 0 fully saturated rings. The summed E-state index contributed by atoms with van der Waals surface area (Å²) in [5.41, 5.74) is 11.8. The molecule has 2 aromatic heterocycles. The molecular formula is C34H58N6O5. The number of nitrogens with zero attached hydrogens (tertiary/aromatic N) is 3. The maximum absolute atomic E-state index is 12.5. The number of carbonyl (C=O) groups excluding carboxylic acids is 2. The summed E-state index contributed by atoms with van der Waals surface area (Å²) in [4.78, 5) is 47.9. The maximum Gasteiger partial charge on any atom is 0.323 e. The molecule has 2 rings (SSSR count). The minimum Gasteiger partial charge on any atom is -0.465 e. The van der Waals surface area contributed by atoms with E-state index in [1.54, 1.807) is 4.57 Å². The monoisotopic (exact) mass is 630 g/mol. The fourth-order valence-electron chi connectivity index (χ4n) is 5.14. The molecule has 0 saturated heterocycles. The summed E-state index contributed by atoms with van der Waals surface area (Å²) in [6.45, 7) is 6.74. The Morgan fingerprint density at radius 2 is 1.62 bits per heavy atom. The zero-order valence-electron chi connectivity index (χ0n) is 27.9. The highest BCUT2D eigenvalue weighted by Crippen LogP contribution is 2.16. The van der Waals surface area contributed by atoms with Gasteiger partial charge in [-0.15, -0.1) is 0 Å². The van der Waals surface area contributed by atoms with E-state index in [0.717, 1.165) is 32.1 Å². The lowest BCUT2D eigenvalue weighted by atomic mass is 10.0. The second-order valence-electron chi connectivity index (χ2n) is 12.3. The van der Waals surface area contributed by atoms with Crippen molar-refractivity contribution in [2.24, 2.45) is 17.6 Å². The number of nitrogens with two attached hydrogens (primary N) is 2. The molecule has 0 aliphatic heterocycles. The Bertz CT molecular complexity index is 1210. The van der Waals surface area contributed by atoms with Gasteiger partial charge in [0.05, 0.1) is 19.5 Å². The molecule has 254 valence electrons. The van der Waals surface area contributed by atoms with E-state index in [-0.39, 0.29) is 42.5 Å². The number of aromatic nitrogens is 4. The van der Waals surface area contributed by atoms with Gasteiger partial charge in [0.15, 0.2) is 11.2 Å². The van der Waals surface area contributed by atoms with Gasteiger partial charge in [-0.05, 0) is 44.4 Å². The fraction of sp³-hybridized carbons (Fsp3) is 0.735. The van der Waals surface area contributed by atoms with Crippen molar-refractivity contribution in [1.82, 2.24) is 19.5 Å². The average molecular weight is 631 g/mol. The molecule has 0 saturated carbocycles. The summed E-state index contributed by atoms with van der Waals surface area (Å²) in [6, 6.07) is -0.687. The Balaban J connectivity index is 1.74. The lowest BCUT2D eigenvalue weighted by Gasteiger charge is -2.20. The van der Waals surface area contributed by atoms with E-state index in [9.17, 15) is 14.4 Å². The van der Waals surface area contributed by atoms with E-state index < -0.39 is 17.6 Å². The first-order valence-corrected chi connectivity index (χ1v) is 17.2. The van der Waals surface area contributed by atoms with Crippen LogP contribution in [-0.4, -0.2) is 50.7 Å². The van der Waals surface area contributed by atoms with E-state index in [4.69, 9.17) is 20.9 Å². The average Bonchev–Trinajstić information content (AvgIpc) is 3.43. The first-order valence-electron chi connectivity index (χ1n) is 17.2. The van der Waals surface area contributed by atoms with Crippen LogP contribution >= 0.6 is 0 Å². The van der Waals surface area contributed by atoms with Crippen LogP contribution in [0.4, 0.5) is 5.95 Å². The number of anilines is 1. The Hall–Kier alpha value is -3.21. The molecule has 2 aromatic rings. The number of imidazole rings is 1. The second-order valence-corrected chi connectivity index (χ2v) is 12.3. The van der Waals surface area contributed by atoms with Gasteiger partial charge < -0.3 is 25.5 Å². The highest BCUT2D eigenvalue weighted by Gasteiger charge is 2.22. The molecule has 0 aromatic carbocycles. The van der Waals surface area contributed by atoms with Crippen molar-refractivity contribution in [3.05, 3.63) is 28.8 Å². The molecule has 0 aliphatic rings. The van der Waals surface area contributed by atoms with Gasteiger partial charge in [0.25, 0.3) is 5.56 Å². The number of nitrogen functional groups attached to an aromatic ring is 1. The Kier molecular flexibility index (Phi) is 18.8. The minimum atomic E-state index is -0.687. The number of rotatable bonds is 25. The number of unbranched alkanes of at least 4 members (excludes halogenated alkanes) is 11. The number of esters is 2. The van der Waals surface area contributed by atoms with Crippen molar-refractivity contribution in [2.45, 2.75) is 136 Å². The number of aromatic amines is 1. The molecule has 5 N–H and O–H groups in total. The van der Waals surface area contributed by atoms with Crippen LogP contribution in [0.3, 0.4) is 0 Å². The van der Waals surface area contributed by atoms with Gasteiger partial charge in [-0.3, -0.25) is 19.4 Å². The maximum atomic E-state index is 12.5. The molecule has 0 bridgehead atoms. The number of hydrogen-bond donors (Lipinski definition) is 3. The van der Waals surface area contributed by atoms with Crippen LogP contribution in [0.1, 0.15) is 124 Å². The van der Waals surface area contributed by atoms with Crippen LogP contribution in [0.25, 0.3) is 11.2 Å². The van der Waals surface area contributed by atoms with Gasteiger partial charge in [-0.2, -0.15) is 4.98 Å². The van der Waals surface area contributed by atoms with Crippen molar-refractivity contribution in [3.63, 3.8) is 0 Å². The molecule has 1 unspecified atom stereocenters. The molecule has 0 amide bonds. The van der Waals surface area contributed by atoms with Crippen LogP contribution in [0.5, 0.6) is 0 Å². The SMILES string of the molecule is CCCCCCCCCCC/C=C/CCCCC(=O)OC[C@H](CCOC(=O)[C@@H](N)C(C)CC)Cn1cnc2c(=O)[nH]c(N)nc21. The summed E-state index contributed by atoms with van der Waals surface area (Å²) in [6.07, 6.45) is 23.4. The zero-order valence-corrected chi connectivity index (χ0v) is 27.9. The van der Waals surface area contributed by atoms with E-state index in [1.807, 2.05) is 13.8 Å². The summed E-state index contributed by atoms with van der Waals surface area (Å²) in [7, 11) is 0. The van der Waals surface area contributed by atoms with Crippen LogP contribution in [-0.2, 0) is 25.6 Å². The van der Waals surface area contributed by atoms with Gasteiger partial charge in [-0.25, -0.2) is 4.98 Å². The van der Waals surface area contributed by atoms with E-state index in [0.29, 0.717) is 25.0 Å². The number of nitrogens with one attached hydrogen (secondary N) is 1. The third-order valence-electron chi connectivity index (χ3n) is 8.37. The second kappa shape index (κ2) is 22.3. The molecule has 2 heterocycles. The van der Waals surface area contributed by atoms with E-state index >= 15 is 0 Å². The van der Waals surface area contributed by atoms with Gasteiger partial charge in [0, 0.05) is 18.9 Å². The predicted octanol–water partition coefficient (Wildman–Crippen LogP) is 6.21. The fourth-order valence-corrected chi connectivity index (χ4v) is 5.14. The number of H-pyrrole nitrogens is 1. The number of ether oxygens (including phenoxy) is 2. The number of allylic oxidation sites excluding steroid dienone is 2. The third-order valence-corrected chi connectivity index (χ3v) is 8.37. The van der Waals surface area contributed by atoms with Gasteiger partial charge >= 0.3 is 11.9 Å². The Labute approximate surface area is 268 Å². The number of hydrogen-bond acceptors (Lipinski definition) is 9. The Morgan fingerprint density at radius 1 is 0.978 bits per heavy atom. The molecule has 11 nitrogen and oxygen atoms in total. The normalized spacial score (nSPS) is 13.7. The molecule has 3 atom stereocenters. The minimum absolute atomic E-state index is 0.0106. The standard InChI is InChI=1S/C34H58N6O5/c1-4-6-7-8-9-10-11-12-13-14-15-16-17-18-19-20-28(41)45-24-27(21-22-44-33(43)29(35)26(3)5-2)23-40-25-37-30-31(40)38-34(36)39-32(30)42/h15-16,25-27,29H,4-14,17-24,35H2,1-3H3,(H3,36,38,39,42)/b16-15+/t26?,27-,29+/m1/s1. The summed E-state index contributed by atoms with van der Waals surface area (Å²) < 4.78 is 12.8. The number of fused-ring (bicyclic) bond motifs is 1. The smallest absolute Gasteiger partial charge is 0.323 e. The first-order chi connectivity index (χ1) is 21.8. The summed E-state index contributed by atoms with van der Waals surface area (Å²) in [5, 5.41) is 0. The molecule has 45 heavy (non-hydrogen) atoms. The van der Waals surface area contributed by atoms with Gasteiger partial charge in [0.2, 0.25) is 5.95 Å². The summed E-state index contributed by atoms with van der Waals surface area (Å²) in [5.74, 6) is -0.926. The molecule has 0 spiro atoms. The van der Waals surface area contributed by atoms with Crippen LogP contribution < -0.4 is 17.0 Å². The van der Waals surface area contributed by atoms with Crippen LogP contribution in [0.2, 0.25) is 0 Å². The lowest BCUT2D eigenvalue weighted by Crippen LogP contribution is -2.38. The van der Waals surface area contributed by atoms with Crippen molar-refractivity contribution in [3.8, 4) is 0 Å². The largest absolute Gasteiger partial charge is 0.465 e. The first kappa shape index (κ1) is 38.0. The molecule has 0 radical (unpaired) electrons.